The number of hydrogen-bond acceptors (Lipinski definition) is 5. The van der Waals surface area contributed by atoms with Crippen molar-refractivity contribution in [3.05, 3.63) is 30.4 Å². The molecule has 23 heavy (non-hydrogen) atoms. The van der Waals surface area contributed by atoms with Crippen LogP contribution in [0.15, 0.2) is 29.7 Å². The molecule has 0 aliphatic carbocycles. The lowest BCUT2D eigenvalue weighted by molar-refractivity contribution is 0.302. The first-order chi connectivity index (χ1) is 10.9. The second-order valence-electron chi connectivity index (χ2n) is 6.01. The quantitative estimate of drug-likeness (QED) is 0.851. The van der Waals surface area contributed by atoms with Gasteiger partial charge in [0.25, 0.3) is 10.0 Å². The van der Waals surface area contributed by atoms with Gasteiger partial charge in [0.2, 0.25) is 5.88 Å². The molecule has 1 aliphatic heterocycles. The molecule has 3 heterocycles. The number of ether oxygens (including phenoxy) is 1. The molecule has 1 aliphatic rings. The van der Waals surface area contributed by atoms with Crippen LogP contribution in [0.3, 0.4) is 0 Å². The fourth-order valence-electron chi connectivity index (χ4n) is 2.52. The van der Waals surface area contributed by atoms with Crippen molar-refractivity contribution in [3.8, 4) is 5.88 Å². The Morgan fingerprint density at radius 3 is 2.87 bits per heavy atom. The lowest BCUT2D eigenvalue weighted by atomic mass is 10.2. The lowest BCUT2D eigenvalue weighted by Gasteiger charge is -2.28. The number of hydrogen-bond donors (Lipinski definition) is 0. The second-order valence-corrected chi connectivity index (χ2v) is 7.81. The van der Waals surface area contributed by atoms with Crippen molar-refractivity contribution in [2.75, 3.05) is 17.5 Å². The van der Waals surface area contributed by atoms with Crippen LogP contribution in [0.1, 0.15) is 19.5 Å². The first-order valence-electron chi connectivity index (χ1n) is 7.53. The minimum atomic E-state index is -3.72. The van der Waals surface area contributed by atoms with Crippen LogP contribution < -0.4 is 9.04 Å². The first kappa shape index (κ1) is 15.8. The molecule has 0 N–H and O–H groups in total. The van der Waals surface area contributed by atoms with Gasteiger partial charge in [0.1, 0.15) is 12.3 Å². The highest BCUT2D eigenvalue weighted by molar-refractivity contribution is 7.92. The van der Waals surface area contributed by atoms with E-state index in [2.05, 4.69) is 23.8 Å². The van der Waals surface area contributed by atoms with E-state index in [1.165, 1.54) is 4.31 Å². The van der Waals surface area contributed by atoms with Crippen molar-refractivity contribution in [2.24, 2.45) is 5.92 Å². The summed E-state index contributed by atoms with van der Waals surface area (Å²) in [6.45, 7) is 7.22. The van der Waals surface area contributed by atoms with Crippen LogP contribution in [0.2, 0.25) is 0 Å². The molecule has 0 bridgehead atoms. The molecular weight excluding hydrogens is 316 g/mol. The highest BCUT2D eigenvalue weighted by Gasteiger charge is 2.32. The Hall–Kier alpha value is -2.09. The zero-order chi connectivity index (χ0) is 16.6. The van der Waals surface area contributed by atoms with Gasteiger partial charge in [-0.25, -0.2) is 9.97 Å². The van der Waals surface area contributed by atoms with Gasteiger partial charge < -0.3 is 9.30 Å². The van der Waals surface area contributed by atoms with Crippen LogP contribution >= 0.6 is 0 Å². The molecule has 0 amide bonds. The maximum atomic E-state index is 12.9. The van der Waals surface area contributed by atoms with Gasteiger partial charge in [0.15, 0.2) is 5.03 Å². The van der Waals surface area contributed by atoms with Crippen molar-refractivity contribution in [2.45, 2.75) is 32.3 Å². The van der Waals surface area contributed by atoms with Crippen LogP contribution in [0.4, 0.5) is 5.69 Å². The minimum Gasteiger partial charge on any atom is -0.474 e. The smallest absolute Gasteiger partial charge is 0.283 e. The summed E-state index contributed by atoms with van der Waals surface area (Å²) in [5.41, 5.74) is 1.24. The number of rotatable bonds is 4. The Bertz CT molecular complexity index is 814. The van der Waals surface area contributed by atoms with Crippen LogP contribution in [0.5, 0.6) is 5.88 Å². The molecule has 0 radical (unpaired) electrons. The van der Waals surface area contributed by atoms with Gasteiger partial charge in [0, 0.05) is 18.4 Å². The molecule has 0 spiro atoms. The summed E-state index contributed by atoms with van der Waals surface area (Å²) in [4.78, 5) is 8.34. The van der Waals surface area contributed by atoms with E-state index in [9.17, 15) is 8.42 Å². The summed E-state index contributed by atoms with van der Waals surface area (Å²) >= 11 is 0. The van der Waals surface area contributed by atoms with Crippen molar-refractivity contribution in [1.29, 1.82) is 0 Å². The number of aryl methyl sites for hydroxylation is 1. The predicted molar refractivity (Wildman–Crippen MR) is 86.1 cm³/mol. The first-order valence-corrected chi connectivity index (χ1v) is 8.97. The fourth-order valence-corrected chi connectivity index (χ4v) is 3.91. The molecule has 2 aromatic heterocycles. The van der Waals surface area contributed by atoms with Crippen LogP contribution in [0.25, 0.3) is 0 Å². The monoisotopic (exact) mass is 336 g/mol. The normalized spacial score (nSPS) is 14.7. The molecule has 0 saturated carbocycles. The average molecular weight is 336 g/mol. The maximum Gasteiger partial charge on any atom is 0.283 e. The largest absolute Gasteiger partial charge is 0.474 e. The topological polar surface area (TPSA) is 77.3 Å². The standard InChI is InChI=1S/C15H20N4O3S/c1-11(2)8-18-9-14(16-10-18)23(20,21)19-6-7-22-15-13(19)5-4-12(3)17-15/h4-5,9-11H,6-8H2,1-3H3. The molecule has 7 nitrogen and oxygen atoms in total. The van der Waals surface area contributed by atoms with Crippen LogP contribution in [-0.4, -0.2) is 36.1 Å². The Morgan fingerprint density at radius 1 is 1.35 bits per heavy atom. The van der Waals surface area contributed by atoms with E-state index in [1.54, 1.807) is 29.2 Å². The number of nitrogens with zero attached hydrogens (tertiary/aromatic N) is 4. The van der Waals surface area contributed by atoms with Crippen molar-refractivity contribution in [3.63, 3.8) is 0 Å². The van der Waals surface area contributed by atoms with Gasteiger partial charge >= 0.3 is 0 Å². The Kier molecular flexibility index (Phi) is 4.01. The van der Waals surface area contributed by atoms with Gasteiger partial charge in [-0.05, 0) is 25.0 Å². The summed E-state index contributed by atoms with van der Waals surface area (Å²) in [5, 5.41) is 0.0478. The summed E-state index contributed by atoms with van der Waals surface area (Å²) < 4.78 is 34.4. The van der Waals surface area contributed by atoms with E-state index in [-0.39, 0.29) is 18.2 Å². The third-order valence-corrected chi connectivity index (χ3v) is 5.22. The zero-order valence-electron chi connectivity index (χ0n) is 13.4. The molecule has 2 aromatic rings. The molecule has 8 heteroatoms. The number of imidazole rings is 1. The van der Waals surface area contributed by atoms with E-state index >= 15 is 0 Å². The van der Waals surface area contributed by atoms with E-state index in [4.69, 9.17) is 4.74 Å². The van der Waals surface area contributed by atoms with Crippen molar-refractivity contribution < 1.29 is 13.2 Å². The van der Waals surface area contributed by atoms with Crippen molar-refractivity contribution in [1.82, 2.24) is 14.5 Å². The maximum absolute atomic E-state index is 12.9. The Labute approximate surface area is 136 Å². The summed E-state index contributed by atoms with van der Waals surface area (Å²) in [7, 11) is -3.72. The second kappa shape index (κ2) is 5.84. The van der Waals surface area contributed by atoms with E-state index < -0.39 is 10.0 Å². The molecule has 0 saturated heterocycles. The fraction of sp³-hybridized carbons (Fsp3) is 0.467. The molecule has 0 unspecified atom stereocenters. The highest BCUT2D eigenvalue weighted by Crippen LogP contribution is 2.33. The number of sulfonamides is 1. The highest BCUT2D eigenvalue weighted by atomic mass is 32.2. The number of fused-ring (bicyclic) bond motifs is 1. The molecule has 124 valence electrons. The Morgan fingerprint density at radius 2 is 2.13 bits per heavy atom. The lowest BCUT2D eigenvalue weighted by Crippen LogP contribution is -2.38. The SMILES string of the molecule is Cc1ccc2c(n1)OCCN2S(=O)(=O)c1cn(CC(C)C)cn1. The number of aromatic nitrogens is 3. The van der Waals surface area contributed by atoms with Crippen LogP contribution in [0, 0.1) is 12.8 Å². The van der Waals surface area contributed by atoms with E-state index in [1.807, 2.05) is 6.92 Å². The van der Waals surface area contributed by atoms with Gasteiger partial charge in [-0.2, -0.15) is 8.42 Å². The molecule has 0 atom stereocenters. The van der Waals surface area contributed by atoms with Crippen molar-refractivity contribution >= 4 is 15.7 Å². The average Bonchev–Trinajstić information content (AvgIpc) is 2.94. The van der Waals surface area contributed by atoms with Gasteiger partial charge in [-0.3, -0.25) is 4.31 Å². The molecule has 0 fully saturated rings. The van der Waals surface area contributed by atoms with Gasteiger partial charge in [-0.15, -0.1) is 0 Å². The zero-order valence-corrected chi connectivity index (χ0v) is 14.2. The summed E-state index contributed by atoms with van der Waals surface area (Å²) in [6.07, 6.45) is 3.13. The third kappa shape index (κ3) is 3.03. The van der Waals surface area contributed by atoms with Crippen LogP contribution in [-0.2, 0) is 16.6 Å². The Balaban J connectivity index is 1.96. The van der Waals surface area contributed by atoms with E-state index in [0.717, 1.165) is 12.2 Å². The molecule has 0 aromatic carbocycles. The predicted octanol–water partition coefficient (Wildman–Crippen LogP) is 1.83. The van der Waals surface area contributed by atoms with Gasteiger partial charge in [-0.1, -0.05) is 13.8 Å². The summed E-state index contributed by atoms with van der Waals surface area (Å²) in [5.74, 6) is 0.762. The minimum absolute atomic E-state index is 0.0478. The third-order valence-electron chi connectivity index (χ3n) is 3.52. The number of pyridine rings is 1. The number of anilines is 1. The molecule has 3 rings (SSSR count). The van der Waals surface area contributed by atoms with E-state index in [0.29, 0.717) is 17.5 Å². The van der Waals surface area contributed by atoms with Gasteiger partial charge in [0.05, 0.1) is 12.9 Å². The summed E-state index contributed by atoms with van der Waals surface area (Å²) in [6, 6.07) is 3.49. The molecular formula is C15H20N4O3S.